The Bertz CT molecular complexity index is 208. The Morgan fingerprint density at radius 2 is 1.57 bits per heavy atom. The monoisotopic (exact) mass is 270 g/mol. The molecule has 0 spiro atoms. The van der Waals surface area contributed by atoms with Crippen molar-refractivity contribution in [3.63, 3.8) is 0 Å². The summed E-state index contributed by atoms with van der Waals surface area (Å²) >= 11 is 1.74. The van der Waals surface area contributed by atoms with Crippen molar-refractivity contribution in [3.8, 4) is 0 Å². The van der Waals surface area contributed by atoms with Gasteiger partial charge in [-0.1, -0.05) is 0 Å². The third-order valence-corrected chi connectivity index (χ3v) is 2.21. The minimum absolute atomic E-state index is 0. The van der Waals surface area contributed by atoms with Crippen molar-refractivity contribution in [2.45, 2.75) is 12.8 Å². The Morgan fingerprint density at radius 3 is 1.86 bits per heavy atom. The Morgan fingerprint density at radius 1 is 1.07 bits per heavy atom. The van der Waals surface area contributed by atoms with Crippen molar-refractivity contribution in [1.82, 2.24) is 0 Å². The summed E-state index contributed by atoms with van der Waals surface area (Å²) < 4.78 is 18.2. The largest absolute Gasteiger partial charge is 1.00 e. The Labute approximate surface area is 107 Å². The normalized spacial score (nSPS) is 13.9. The Hall–Kier alpha value is 0.356. The summed E-state index contributed by atoms with van der Waals surface area (Å²) in [7, 11) is 0. The molecule has 2 rings (SSSR count). The van der Waals surface area contributed by atoms with Crippen molar-refractivity contribution in [3.05, 3.63) is 30.1 Å². The Kier molecular flexibility index (Phi) is 8.87. The predicted molar refractivity (Wildman–Crippen MR) is 51.8 cm³/mol. The number of ether oxygens (including phenoxy) is 1. The summed E-state index contributed by atoms with van der Waals surface area (Å²) in [5.74, 6) is -0.166. The van der Waals surface area contributed by atoms with Crippen LogP contribution in [0.2, 0.25) is 0 Å². The van der Waals surface area contributed by atoms with Crippen molar-refractivity contribution in [1.29, 1.82) is 0 Å². The van der Waals surface area contributed by atoms with Crippen LogP contribution >= 0.6 is 0 Å². The molecule has 1 heterocycles. The van der Waals surface area contributed by atoms with E-state index in [0.717, 1.165) is 16.9 Å². The molecular weight excluding hydrogens is 259 g/mol. The van der Waals surface area contributed by atoms with E-state index < -0.39 is 0 Å². The molecule has 0 saturated carbocycles. The molecule has 74 valence electrons. The van der Waals surface area contributed by atoms with Gasteiger partial charge in [-0.05, 0) is 12.8 Å². The molecule has 0 bridgehead atoms. The van der Waals surface area contributed by atoms with E-state index in [4.69, 9.17) is 4.74 Å². The standard InChI is InChI=1S/C6H4F.C4H8O.BrH.Mg/c7-6-4-2-1-3-5-6;1-2-4-5-3-1;;/h2-5H;1-4H2;1H;/q;;;+1/p-1. The van der Waals surface area contributed by atoms with Gasteiger partial charge >= 0.3 is 59.9 Å². The van der Waals surface area contributed by atoms with Crippen LogP contribution in [-0.4, -0.2) is 34.9 Å². The van der Waals surface area contributed by atoms with E-state index in [0.29, 0.717) is 0 Å². The van der Waals surface area contributed by atoms with Crippen LogP contribution < -0.4 is 20.7 Å². The minimum Gasteiger partial charge on any atom is -1.00 e. The summed E-state index contributed by atoms with van der Waals surface area (Å²) in [5.41, 5.74) is 0. The molecule has 14 heavy (non-hydrogen) atoms. The van der Waals surface area contributed by atoms with Gasteiger partial charge in [0, 0.05) is 13.2 Å². The first kappa shape index (κ1) is 14.4. The first-order valence-corrected chi connectivity index (χ1v) is 5.15. The smallest absolute Gasteiger partial charge is 1.00 e. The molecule has 1 aromatic carbocycles. The average molecular weight is 271 g/mol. The third kappa shape index (κ3) is 6.76. The summed E-state index contributed by atoms with van der Waals surface area (Å²) in [5, 5.41) is 0. The second-order valence-electron chi connectivity index (χ2n) is 2.95. The van der Waals surface area contributed by atoms with Gasteiger partial charge in [0.25, 0.3) is 0 Å². The molecule has 0 aromatic heterocycles. The van der Waals surface area contributed by atoms with Crippen LogP contribution in [-0.2, 0) is 4.74 Å². The van der Waals surface area contributed by atoms with Gasteiger partial charge in [-0.25, -0.2) is 0 Å². The average Bonchev–Trinajstić information content (AvgIpc) is 2.68. The number of benzene rings is 1. The van der Waals surface area contributed by atoms with Crippen molar-refractivity contribution >= 4 is 25.4 Å². The number of hydrogen-bond acceptors (Lipinski definition) is 1. The maximum absolute atomic E-state index is 12.1. The maximum Gasteiger partial charge on any atom is -1.00 e. The molecule has 0 atom stereocenters. The maximum atomic E-state index is 12.1. The summed E-state index contributed by atoms with van der Waals surface area (Å²) in [6, 6.07) is 6.44. The summed E-state index contributed by atoms with van der Waals surface area (Å²) in [6.07, 6.45) is 2.56. The SMILES string of the molecule is C1CCOC1.Fc1cc[c]([Mg+])cc1.[Br-]. The zero-order valence-corrected chi connectivity index (χ0v) is 11.0. The van der Waals surface area contributed by atoms with Crippen LogP contribution in [0.4, 0.5) is 4.39 Å². The zero-order valence-electron chi connectivity index (χ0n) is 8.01. The fourth-order valence-electron chi connectivity index (χ4n) is 0.995. The van der Waals surface area contributed by atoms with E-state index in [2.05, 4.69) is 0 Å². The van der Waals surface area contributed by atoms with E-state index in [-0.39, 0.29) is 22.8 Å². The fourth-order valence-corrected chi connectivity index (χ4v) is 1.23. The molecule has 0 N–H and O–H groups in total. The molecule has 1 aromatic rings. The molecule has 4 heteroatoms. The van der Waals surface area contributed by atoms with Crippen LogP contribution in [0.3, 0.4) is 0 Å². The van der Waals surface area contributed by atoms with Gasteiger partial charge in [-0.15, -0.1) is 0 Å². The van der Waals surface area contributed by atoms with Gasteiger partial charge in [-0.2, -0.15) is 0 Å². The zero-order chi connectivity index (χ0) is 9.52. The minimum atomic E-state index is -0.166. The predicted octanol–water partition coefficient (Wildman–Crippen LogP) is -1.58. The van der Waals surface area contributed by atoms with E-state index in [1.54, 1.807) is 33.8 Å². The van der Waals surface area contributed by atoms with E-state index in [1.807, 2.05) is 0 Å². The second kappa shape index (κ2) is 8.65. The van der Waals surface area contributed by atoms with Crippen LogP contribution in [0.15, 0.2) is 24.3 Å². The van der Waals surface area contributed by atoms with Crippen molar-refractivity contribution in [2.75, 3.05) is 13.2 Å². The van der Waals surface area contributed by atoms with Crippen LogP contribution in [0.5, 0.6) is 0 Å². The summed E-state index contributed by atoms with van der Waals surface area (Å²) in [6.45, 7) is 2.00. The first-order chi connectivity index (χ1) is 6.29. The topological polar surface area (TPSA) is 9.23 Å². The van der Waals surface area contributed by atoms with Gasteiger partial charge in [0.1, 0.15) is 0 Å². The van der Waals surface area contributed by atoms with Gasteiger partial charge in [0.15, 0.2) is 0 Å². The summed E-state index contributed by atoms with van der Waals surface area (Å²) in [4.78, 5) is 0. The van der Waals surface area contributed by atoms with Gasteiger partial charge in [0.05, 0.1) is 0 Å². The van der Waals surface area contributed by atoms with E-state index in [9.17, 15) is 4.39 Å². The van der Waals surface area contributed by atoms with Gasteiger partial charge in [-0.3, -0.25) is 0 Å². The van der Waals surface area contributed by atoms with Crippen LogP contribution in [0.25, 0.3) is 0 Å². The quantitative estimate of drug-likeness (QED) is 0.518. The molecule has 0 unspecified atom stereocenters. The molecule has 0 amide bonds. The van der Waals surface area contributed by atoms with Crippen LogP contribution in [0, 0.1) is 5.82 Å². The second-order valence-corrected chi connectivity index (χ2v) is 3.76. The third-order valence-electron chi connectivity index (χ3n) is 1.74. The molecular formula is C10H12BrFMgO. The van der Waals surface area contributed by atoms with E-state index in [1.165, 1.54) is 25.0 Å². The molecule has 0 aliphatic carbocycles. The number of rotatable bonds is 0. The first-order valence-electron chi connectivity index (χ1n) is 4.44. The molecule has 1 nitrogen and oxygen atoms in total. The van der Waals surface area contributed by atoms with Gasteiger partial charge < -0.3 is 21.7 Å². The number of halogens is 2. The molecule has 1 aliphatic heterocycles. The molecule has 0 radical (unpaired) electrons. The molecule has 1 saturated heterocycles. The fraction of sp³-hybridized carbons (Fsp3) is 0.400. The Balaban J connectivity index is 0.000000246. The van der Waals surface area contributed by atoms with Gasteiger partial charge in [0.2, 0.25) is 0 Å². The van der Waals surface area contributed by atoms with Crippen molar-refractivity contribution < 1.29 is 26.1 Å². The molecule has 1 aliphatic rings. The van der Waals surface area contributed by atoms with Crippen LogP contribution in [0.1, 0.15) is 12.8 Å². The molecule has 1 fully saturated rings. The number of hydrogen-bond donors (Lipinski definition) is 0. The van der Waals surface area contributed by atoms with E-state index >= 15 is 0 Å². The van der Waals surface area contributed by atoms with Crippen molar-refractivity contribution in [2.24, 2.45) is 0 Å².